The summed E-state index contributed by atoms with van der Waals surface area (Å²) in [5.41, 5.74) is 1.85. The Bertz CT molecular complexity index is 1000. The molecule has 0 unspecified atom stereocenters. The molecule has 0 aliphatic carbocycles. The number of hydrogen-bond donors (Lipinski definition) is 0. The highest BCUT2D eigenvalue weighted by Gasteiger charge is 2.18. The Labute approximate surface area is 187 Å². The average molecular weight is 437 g/mol. The summed E-state index contributed by atoms with van der Waals surface area (Å²) in [6.45, 7) is 5.91. The van der Waals surface area contributed by atoms with Crippen LogP contribution in [0.4, 0.5) is 0 Å². The van der Waals surface area contributed by atoms with E-state index in [0.717, 1.165) is 42.9 Å². The number of benzene rings is 2. The van der Waals surface area contributed by atoms with Gasteiger partial charge in [-0.3, -0.25) is 9.69 Å². The third-order valence-electron chi connectivity index (χ3n) is 5.38. The molecule has 1 saturated heterocycles. The maximum absolute atomic E-state index is 11.8. The van der Waals surface area contributed by atoms with Gasteiger partial charge >= 0.3 is 0 Å². The predicted molar refractivity (Wildman–Crippen MR) is 123 cm³/mol. The van der Waals surface area contributed by atoms with Crippen LogP contribution in [0.5, 0.6) is 5.75 Å². The van der Waals surface area contributed by atoms with Crippen LogP contribution in [0.15, 0.2) is 59.8 Å². The molecule has 0 saturated carbocycles. The first kappa shape index (κ1) is 21.6. The minimum atomic E-state index is 0.0115. The summed E-state index contributed by atoms with van der Waals surface area (Å²) < 4.78 is 8.11. The molecule has 0 atom stereocenters. The SMILES string of the molecule is CC(=O)c1ccccc1OCCSc1nnc(CN2CCCC2)n1Cc1ccccc1. The highest BCUT2D eigenvalue weighted by molar-refractivity contribution is 7.99. The molecule has 31 heavy (non-hydrogen) atoms. The van der Waals surface area contributed by atoms with Crippen LogP contribution in [0.2, 0.25) is 0 Å². The van der Waals surface area contributed by atoms with E-state index in [-0.39, 0.29) is 5.78 Å². The lowest BCUT2D eigenvalue weighted by Crippen LogP contribution is -2.21. The first-order chi connectivity index (χ1) is 15.2. The van der Waals surface area contributed by atoms with E-state index in [1.54, 1.807) is 24.8 Å². The lowest BCUT2D eigenvalue weighted by atomic mass is 10.1. The Morgan fingerprint density at radius 1 is 1.00 bits per heavy atom. The van der Waals surface area contributed by atoms with Crippen LogP contribution in [0, 0.1) is 0 Å². The third-order valence-corrected chi connectivity index (χ3v) is 6.31. The number of carbonyl (C=O) groups excluding carboxylic acids is 1. The molecule has 162 valence electrons. The molecule has 0 radical (unpaired) electrons. The van der Waals surface area contributed by atoms with Gasteiger partial charge in [0, 0.05) is 5.75 Å². The second-order valence-electron chi connectivity index (χ2n) is 7.70. The Morgan fingerprint density at radius 2 is 1.74 bits per heavy atom. The first-order valence-corrected chi connectivity index (χ1v) is 11.7. The Kier molecular flexibility index (Phi) is 7.38. The molecule has 1 aliphatic rings. The molecular weight excluding hydrogens is 408 g/mol. The van der Waals surface area contributed by atoms with E-state index < -0.39 is 0 Å². The van der Waals surface area contributed by atoms with E-state index in [9.17, 15) is 4.79 Å². The predicted octanol–water partition coefficient (Wildman–Crippen LogP) is 4.30. The smallest absolute Gasteiger partial charge is 0.191 e. The molecule has 6 nitrogen and oxygen atoms in total. The highest BCUT2D eigenvalue weighted by Crippen LogP contribution is 2.22. The molecule has 1 aliphatic heterocycles. The van der Waals surface area contributed by atoms with Crippen LogP contribution in [0.25, 0.3) is 0 Å². The Hall–Kier alpha value is -2.64. The van der Waals surface area contributed by atoms with Crippen molar-refractivity contribution < 1.29 is 9.53 Å². The average Bonchev–Trinajstić information content (AvgIpc) is 3.43. The number of likely N-dealkylation sites (tertiary alicyclic amines) is 1. The number of thioether (sulfide) groups is 1. The van der Waals surface area contributed by atoms with Gasteiger partial charge in [-0.25, -0.2) is 0 Å². The molecular formula is C24H28N4O2S. The molecule has 0 bridgehead atoms. The zero-order valence-corrected chi connectivity index (χ0v) is 18.7. The number of ketones is 1. The van der Waals surface area contributed by atoms with Crippen molar-refractivity contribution in [2.24, 2.45) is 0 Å². The fraction of sp³-hybridized carbons (Fsp3) is 0.375. The monoisotopic (exact) mass is 436 g/mol. The zero-order valence-electron chi connectivity index (χ0n) is 17.9. The van der Waals surface area contributed by atoms with Crippen molar-refractivity contribution in [3.63, 3.8) is 0 Å². The van der Waals surface area contributed by atoms with E-state index in [0.29, 0.717) is 17.9 Å². The van der Waals surface area contributed by atoms with Crippen molar-refractivity contribution in [2.45, 2.75) is 38.0 Å². The minimum absolute atomic E-state index is 0.0115. The summed E-state index contributed by atoms with van der Waals surface area (Å²) in [4.78, 5) is 14.2. The molecule has 2 heterocycles. The number of ether oxygens (including phenoxy) is 1. The van der Waals surface area contributed by atoms with Gasteiger partial charge in [0.25, 0.3) is 0 Å². The molecule has 0 amide bonds. The number of carbonyl (C=O) groups is 1. The van der Waals surface area contributed by atoms with Gasteiger partial charge in [0.2, 0.25) is 0 Å². The maximum Gasteiger partial charge on any atom is 0.191 e. The van der Waals surface area contributed by atoms with Gasteiger partial charge in [-0.05, 0) is 50.6 Å². The van der Waals surface area contributed by atoms with Crippen LogP contribution in [0.3, 0.4) is 0 Å². The molecule has 1 aromatic heterocycles. The first-order valence-electron chi connectivity index (χ1n) is 10.7. The molecule has 7 heteroatoms. The van der Waals surface area contributed by atoms with Crippen molar-refractivity contribution in [3.05, 3.63) is 71.5 Å². The lowest BCUT2D eigenvalue weighted by molar-refractivity contribution is 0.101. The Balaban J connectivity index is 1.42. The summed E-state index contributed by atoms with van der Waals surface area (Å²) in [6.07, 6.45) is 2.51. The number of Topliss-reactive ketones (excluding diaryl/α,β-unsaturated/α-hetero) is 1. The van der Waals surface area contributed by atoms with Crippen LogP contribution in [-0.2, 0) is 13.1 Å². The van der Waals surface area contributed by atoms with Gasteiger partial charge < -0.3 is 9.30 Å². The fourth-order valence-electron chi connectivity index (χ4n) is 3.78. The van der Waals surface area contributed by atoms with Crippen LogP contribution < -0.4 is 4.74 Å². The largest absolute Gasteiger partial charge is 0.492 e. The van der Waals surface area contributed by atoms with Gasteiger partial charge in [-0.15, -0.1) is 10.2 Å². The number of nitrogens with zero attached hydrogens (tertiary/aromatic N) is 4. The van der Waals surface area contributed by atoms with Crippen molar-refractivity contribution in [1.82, 2.24) is 19.7 Å². The van der Waals surface area contributed by atoms with Crippen LogP contribution in [0.1, 0.15) is 41.5 Å². The van der Waals surface area contributed by atoms with Crippen molar-refractivity contribution in [3.8, 4) is 5.75 Å². The lowest BCUT2D eigenvalue weighted by Gasteiger charge is -2.16. The van der Waals surface area contributed by atoms with Crippen molar-refractivity contribution in [1.29, 1.82) is 0 Å². The van der Waals surface area contributed by atoms with Gasteiger partial charge in [-0.1, -0.05) is 54.2 Å². The van der Waals surface area contributed by atoms with E-state index in [2.05, 4.69) is 43.9 Å². The summed E-state index contributed by atoms with van der Waals surface area (Å²) in [6, 6.07) is 17.8. The zero-order chi connectivity index (χ0) is 21.5. The molecule has 4 rings (SSSR count). The number of hydrogen-bond acceptors (Lipinski definition) is 6. The third kappa shape index (κ3) is 5.74. The van der Waals surface area contributed by atoms with Crippen molar-refractivity contribution in [2.75, 3.05) is 25.4 Å². The summed E-state index contributed by atoms with van der Waals surface area (Å²) in [5.74, 6) is 2.38. The van der Waals surface area contributed by atoms with Gasteiger partial charge in [0.1, 0.15) is 11.6 Å². The fourth-order valence-corrected chi connectivity index (χ4v) is 4.55. The highest BCUT2D eigenvalue weighted by atomic mass is 32.2. The van der Waals surface area contributed by atoms with E-state index in [1.807, 2.05) is 24.3 Å². The number of aromatic nitrogens is 3. The van der Waals surface area contributed by atoms with Crippen LogP contribution in [-0.4, -0.2) is 50.9 Å². The van der Waals surface area contributed by atoms with Gasteiger partial charge in [0.15, 0.2) is 10.9 Å². The van der Waals surface area contributed by atoms with E-state index in [4.69, 9.17) is 4.74 Å². The molecule has 0 N–H and O–H groups in total. The van der Waals surface area contributed by atoms with Gasteiger partial charge in [-0.2, -0.15) is 0 Å². The second kappa shape index (κ2) is 10.6. The molecule has 3 aromatic rings. The summed E-state index contributed by atoms with van der Waals surface area (Å²) in [5, 5.41) is 9.90. The number of rotatable bonds is 10. The molecule has 2 aromatic carbocycles. The van der Waals surface area contributed by atoms with E-state index >= 15 is 0 Å². The quantitative estimate of drug-likeness (QED) is 0.268. The number of para-hydroxylation sites is 1. The summed E-state index contributed by atoms with van der Waals surface area (Å²) >= 11 is 1.64. The Morgan fingerprint density at radius 3 is 2.52 bits per heavy atom. The van der Waals surface area contributed by atoms with Crippen molar-refractivity contribution >= 4 is 17.5 Å². The van der Waals surface area contributed by atoms with Crippen LogP contribution >= 0.6 is 11.8 Å². The van der Waals surface area contributed by atoms with Gasteiger partial charge in [0.05, 0.1) is 25.3 Å². The van der Waals surface area contributed by atoms with E-state index in [1.165, 1.54) is 18.4 Å². The topological polar surface area (TPSA) is 60.2 Å². The second-order valence-corrected chi connectivity index (χ2v) is 8.77. The standard InChI is InChI=1S/C24H28N4O2S/c1-19(29)21-11-5-6-12-22(21)30-15-16-31-24-26-25-23(18-27-13-7-8-14-27)28(24)17-20-9-3-2-4-10-20/h2-6,9-12H,7-8,13-18H2,1H3. The normalized spacial score (nSPS) is 14.1. The molecule has 1 fully saturated rings. The summed E-state index contributed by atoms with van der Waals surface area (Å²) in [7, 11) is 0. The minimum Gasteiger partial charge on any atom is -0.492 e. The maximum atomic E-state index is 11.8. The molecule has 0 spiro atoms.